The summed E-state index contributed by atoms with van der Waals surface area (Å²) in [5, 5.41) is 6.82. The second kappa shape index (κ2) is 5.35. The molecule has 0 aliphatic carbocycles. The molecule has 1 N–H and O–H groups in total. The molecule has 0 aromatic carbocycles. The first-order valence-electron chi connectivity index (χ1n) is 5.58. The first kappa shape index (κ1) is 12.2. The van der Waals surface area contributed by atoms with Crippen LogP contribution < -0.4 is 0 Å². The largest absolute Gasteiger partial charge is 0.341 e. The van der Waals surface area contributed by atoms with E-state index < -0.39 is 0 Å². The van der Waals surface area contributed by atoms with E-state index in [-0.39, 0.29) is 16.3 Å². The summed E-state index contributed by atoms with van der Waals surface area (Å²) >= 11 is 1.27. The number of carbonyl (C=O) groups excluding carboxylic acids is 2. The minimum Gasteiger partial charge on any atom is -0.341 e. The smallest absolute Gasteiger partial charge is 0.223 e. The molecular formula is C11H15N3O2S. The molecule has 1 aromatic rings. The number of nitrogens with one attached hydrogen (secondary N) is 1. The van der Waals surface area contributed by atoms with Crippen molar-refractivity contribution in [1.82, 2.24) is 15.1 Å². The lowest BCUT2D eigenvalue weighted by molar-refractivity contribution is -0.127. The zero-order chi connectivity index (χ0) is 12.3. The molecule has 0 saturated carbocycles. The fraction of sp³-hybridized carbons (Fsp3) is 0.545. The van der Waals surface area contributed by atoms with Gasteiger partial charge in [-0.25, -0.2) is 0 Å². The van der Waals surface area contributed by atoms with Crippen LogP contribution in [0.1, 0.15) is 18.9 Å². The topological polar surface area (TPSA) is 66.1 Å². The molecule has 5 nitrogen and oxygen atoms in total. The number of hydrogen-bond acceptors (Lipinski definition) is 4. The summed E-state index contributed by atoms with van der Waals surface area (Å²) in [5.41, 5.74) is 1.10. The highest BCUT2D eigenvalue weighted by Gasteiger charge is 2.30. The van der Waals surface area contributed by atoms with E-state index in [2.05, 4.69) is 10.2 Å². The number of likely N-dealkylation sites (tertiary alicyclic amines) is 1. The molecule has 1 aliphatic heterocycles. The first-order chi connectivity index (χ1) is 8.15. The molecule has 1 atom stereocenters. The predicted molar refractivity (Wildman–Crippen MR) is 65.5 cm³/mol. The van der Waals surface area contributed by atoms with E-state index in [0.29, 0.717) is 19.5 Å². The highest BCUT2D eigenvalue weighted by atomic mass is 32.2. The van der Waals surface area contributed by atoms with Crippen molar-refractivity contribution < 1.29 is 9.59 Å². The Morgan fingerprint density at radius 2 is 2.53 bits per heavy atom. The maximum absolute atomic E-state index is 11.7. The first-order valence-corrected chi connectivity index (χ1v) is 6.46. The number of hydrogen-bond donors (Lipinski definition) is 1. The monoisotopic (exact) mass is 253 g/mol. The van der Waals surface area contributed by atoms with Gasteiger partial charge in [-0.15, -0.1) is 0 Å². The molecule has 0 bridgehead atoms. The van der Waals surface area contributed by atoms with Crippen LogP contribution in [0.5, 0.6) is 0 Å². The van der Waals surface area contributed by atoms with Crippen LogP contribution in [-0.2, 0) is 16.0 Å². The van der Waals surface area contributed by atoms with Crippen LogP contribution in [0.2, 0.25) is 0 Å². The van der Waals surface area contributed by atoms with Crippen molar-refractivity contribution >= 4 is 22.8 Å². The van der Waals surface area contributed by atoms with Gasteiger partial charge >= 0.3 is 0 Å². The van der Waals surface area contributed by atoms with Crippen LogP contribution in [0, 0.1) is 0 Å². The third-order valence-corrected chi connectivity index (χ3v) is 3.72. The van der Waals surface area contributed by atoms with E-state index in [1.807, 2.05) is 11.1 Å². The Balaban J connectivity index is 1.82. The molecule has 1 aromatic heterocycles. The molecule has 2 heterocycles. The second-order valence-corrected chi connectivity index (χ2v) is 5.61. The van der Waals surface area contributed by atoms with Gasteiger partial charge in [0.15, 0.2) is 5.12 Å². The van der Waals surface area contributed by atoms with Crippen LogP contribution in [-0.4, -0.2) is 44.5 Å². The molecule has 1 saturated heterocycles. The molecule has 1 amide bonds. The van der Waals surface area contributed by atoms with Crippen LogP contribution in [0.3, 0.4) is 0 Å². The standard InChI is InChI=1S/C11H15N3O2S/c1-8(15)17-10-4-11(16)14(7-10)3-2-9-5-12-13-6-9/h5-6,10H,2-4,7H2,1H3,(H,12,13). The summed E-state index contributed by atoms with van der Waals surface area (Å²) in [7, 11) is 0. The van der Waals surface area contributed by atoms with Gasteiger partial charge in [0.05, 0.1) is 6.20 Å². The zero-order valence-electron chi connectivity index (χ0n) is 9.68. The van der Waals surface area contributed by atoms with Crippen molar-refractivity contribution in [2.75, 3.05) is 13.1 Å². The van der Waals surface area contributed by atoms with Crippen LogP contribution in [0.25, 0.3) is 0 Å². The number of carbonyl (C=O) groups is 2. The highest BCUT2D eigenvalue weighted by Crippen LogP contribution is 2.24. The van der Waals surface area contributed by atoms with Gasteiger partial charge in [0, 0.05) is 37.9 Å². The quantitative estimate of drug-likeness (QED) is 0.863. The summed E-state index contributed by atoms with van der Waals surface area (Å²) in [6.45, 7) is 2.93. The Bertz CT molecular complexity index is 405. The van der Waals surface area contributed by atoms with Gasteiger partial charge in [-0.3, -0.25) is 14.7 Å². The summed E-state index contributed by atoms with van der Waals surface area (Å²) in [6, 6.07) is 0. The van der Waals surface area contributed by atoms with Gasteiger partial charge < -0.3 is 4.90 Å². The molecular weight excluding hydrogens is 238 g/mol. The van der Waals surface area contributed by atoms with E-state index in [1.54, 1.807) is 13.1 Å². The van der Waals surface area contributed by atoms with E-state index in [0.717, 1.165) is 12.0 Å². The molecule has 1 aliphatic rings. The lowest BCUT2D eigenvalue weighted by Crippen LogP contribution is -2.27. The number of thioether (sulfide) groups is 1. The molecule has 6 heteroatoms. The van der Waals surface area contributed by atoms with Gasteiger partial charge in [-0.1, -0.05) is 11.8 Å². The Kier molecular flexibility index (Phi) is 3.83. The lowest BCUT2D eigenvalue weighted by atomic mass is 10.2. The fourth-order valence-corrected chi connectivity index (χ4v) is 2.89. The van der Waals surface area contributed by atoms with E-state index in [9.17, 15) is 9.59 Å². The van der Waals surface area contributed by atoms with Crippen molar-refractivity contribution in [3.63, 3.8) is 0 Å². The van der Waals surface area contributed by atoms with Crippen molar-refractivity contribution in [2.24, 2.45) is 0 Å². The third kappa shape index (κ3) is 3.33. The maximum Gasteiger partial charge on any atom is 0.223 e. The number of H-pyrrole nitrogens is 1. The minimum atomic E-state index is 0.0829. The molecule has 92 valence electrons. The molecule has 2 rings (SSSR count). The minimum absolute atomic E-state index is 0.0829. The van der Waals surface area contributed by atoms with Crippen molar-refractivity contribution in [3.8, 4) is 0 Å². The molecule has 17 heavy (non-hydrogen) atoms. The van der Waals surface area contributed by atoms with Crippen LogP contribution >= 0.6 is 11.8 Å². The summed E-state index contributed by atoms with van der Waals surface area (Å²) < 4.78 is 0. The number of amides is 1. The molecule has 0 radical (unpaired) electrons. The van der Waals surface area contributed by atoms with E-state index in [4.69, 9.17) is 0 Å². The Morgan fingerprint density at radius 3 is 3.18 bits per heavy atom. The van der Waals surface area contributed by atoms with Gasteiger partial charge in [0.2, 0.25) is 5.91 Å². The zero-order valence-corrected chi connectivity index (χ0v) is 10.5. The maximum atomic E-state index is 11.7. The average Bonchev–Trinajstić information content (AvgIpc) is 2.84. The highest BCUT2D eigenvalue weighted by molar-refractivity contribution is 8.14. The van der Waals surface area contributed by atoms with Crippen molar-refractivity contribution in [3.05, 3.63) is 18.0 Å². The summed E-state index contributed by atoms with van der Waals surface area (Å²) in [4.78, 5) is 24.5. The summed E-state index contributed by atoms with van der Waals surface area (Å²) in [5.74, 6) is 0.146. The Labute approximate surface area is 104 Å². The molecule has 1 fully saturated rings. The van der Waals surface area contributed by atoms with Gasteiger partial charge in [-0.05, 0) is 12.0 Å². The van der Waals surface area contributed by atoms with Crippen LogP contribution in [0.4, 0.5) is 0 Å². The fourth-order valence-electron chi connectivity index (χ4n) is 1.94. The van der Waals surface area contributed by atoms with E-state index >= 15 is 0 Å². The van der Waals surface area contributed by atoms with Gasteiger partial charge in [-0.2, -0.15) is 5.10 Å². The number of aromatic amines is 1. The SMILES string of the molecule is CC(=O)SC1CC(=O)N(CCc2cn[nH]c2)C1. The van der Waals surface area contributed by atoms with Crippen molar-refractivity contribution in [2.45, 2.75) is 25.0 Å². The number of aromatic nitrogens is 2. The normalized spacial score (nSPS) is 19.9. The van der Waals surface area contributed by atoms with Crippen LogP contribution in [0.15, 0.2) is 12.4 Å². The lowest BCUT2D eigenvalue weighted by Gasteiger charge is -2.15. The number of nitrogens with zero attached hydrogens (tertiary/aromatic N) is 2. The summed E-state index contributed by atoms with van der Waals surface area (Å²) in [6.07, 6.45) is 4.89. The molecule has 1 unspecified atom stereocenters. The second-order valence-electron chi connectivity index (χ2n) is 4.13. The average molecular weight is 253 g/mol. The number of rotatable bonds is 4. The third-order valence-electron chi connectivity index (χ3n) is 2.74. The Hall–Kier alpha value is -1.30. The predicted octanol–water partition coefficient (Wildman–Crippen LogP) is 0.833. The van der Waals surface area contributed by atoms with E-state index in [1.165, 1.54) is 11.8 Å². The van der Waals surface area contributed by atoms with Gasteiger partial charge in [0.25, 0.3) is 0 Å². The van der Waals surface area contributed by atoms with Crippen molar-refractivity contribution in [1.29, 1.82) is 0 Å². The Morgan fingerprint density at radius 1 is 1.71 bits per heavy atom. The molecule has 0 spiro atoms. The van der Waals surface area contributed by atoms with Gasteiger partial charge in [0.1, 0.15) is 0 Å².